The Balaban J connectivity index is 1.23. The summed E-state index contributed by atoms with van der Waals surface area (Å²) in [5.74, 6) is -3.91. The Bertz CT molecular complexity index is 1750. The molecule has 0 aliphatic carbocycles. The molecule has 0 spiro atoms. The summed E-state index contributed by atoms with van der Waals surface area (Å²) in [6.45, 7) is 9.50. The van der Waals surface area contributed by atoms with Crippen molar-refractivity contribution in [2.24, 2.45) is 5.92 Å². The van der Waals surface area contributed by atoms with E-state index in [1.807, 2.05) is 119 Å². The van der Waals surface area contributed by atoms with Crippen molar-refractivity contribution in [1.29, 1.82) is 0 Å². The molecule has 2 aliphatic rings. The number of ether oxygens (including phenoxy) is 5. The molecule has 0 bridgehead atoms. The van der Waals surface area contributed by atoms with Crippen LogP contribution in [0, 0.1) is 5.92 Å². The lowest BCUT2D eigenvalue weighted by Gasteiger charge is -2.32. The summed E-state index contributed by atoms with van der Waals surface area (Å²) in [4.78, 5) is 52.7. The van der Waals surface area contributed by atoms with Crippen LogP contribution in [0.25, 0.3) is 0 Å². The SMILES string of the molecule is CC(C)C[C@H](NC(=O)[C@H](C)NC(=O)C[C@H](NCc1ccccc1)C1O[C@@H]2OC(C)(C)O[C@@H]2[C@H]1OCc1ccccc1)C(=O)N[C@@H](COCc1ccccc1)C(=O)O. The molecule has 0 radical (unpaired) electrons. The smallest absolute Gasteiger partial charge is 0.328 e. The van der Waals surface area contributed by atoms with Crippen molar-refractivity contribution in [2.45, 2.75) is 122 Å². The largest absolute Gasteiger partial charge is 0.480 e. The fraction of sp³-hybridized carbons (Fsp3) is 0.488. The predicted octanol–water partition coefficient (Wildman–Crippen LogP) is 3.82. The van der Waals surface area contributed by atoms with Crippen molar-refractivity contribution in [1.82, 2.24) is 21.3 Å². The van der Waals surface area contributed by atoms with E-state index in [0.29, 0.717) is 6.54 Å². The van der Waals surface area contributed by atoms with Gasteiger partial charge < -0.3 is 50.1 Å². The summed E-state index contributed by atoms with van der Waals surface area (Å²) in [5, 5.41) is 21.3. The van der Waals surface area contributed by atoms with E-state index in [1.165, 1.54) is 6.92 Å². The summed E-state index contributed by atoms with van der Waals surface area (Å²) in [7, 11) is 0. The van der Waals surface area contributed by atoms with Crippen molar-refractivity contribution in [3.8, 4) is 0 Å². The molecule has 3 amide bonds. The van der Waals surface area contributed by atoms with E-state index in [4.69, 9.17) is 23.7 Å². The van der Waals surface area contributed by atoms with E-state index in [0.717, 1.165) is 16.7 Å². The normalized spacial score (nSPS) is 21.9. The van der Waals surface area contributed by atoms with Gasteiger partial charge in [0.1, 0.15) is 30.4 Å². The molecule has 1 unspecified atom stereocenters. The van der Waals surface area contributed by atoms with Crippen LogP contribution in [0.15, 0.2) is 91.0 Å². The van der Waals surface area contributed by atoms with E-state index in [9.17, 15) is 24.3 Å². The molecule has 2 aliphatic heterocycles. The van der Waals surface area contributed by atoms with Crippen LogP contribution in [0.4, 0.5) is 0 Å². The van der Waals surface area contributed by atoms with Crippen LogP contribution in [0.1, 0.15) is 64.2 Å². The standard InChI is InChI=1S/C43H56N4O10/c1-27(2)21-33(40(50)47-34(41(51)52)26-53-24-30-17-11-7-12-18-30)46-39(49)28(3)45-35(48)22-32(44-23-29-15-9-6-10-16-29)36-37(54-25-31-19-13-8-14-20-31)38-42(55-36)57-43(4,5)56-38/h6-20,27-28,32-34,36-38,42,44H,21-26H2,1-5H3,(H,45,48)(H,46,49)(H,47,50)(H,51,52)/t28-,32-,33-,34-,36?,37-,38+,42+/m0/s1. The first-order valence-corrected chi connectivity index (χ1v) is 19.5. The Hall–Kier alpha value is -4.70. The van der Waals surface area contributed by atoms with Crippen molar-refractivity contribution in [3.05, 3.63) is 108 Å². The minimum Gasteiger partial charge on any atom is -0.480 e. The average molecular weight is 789 g/mol. The van der Waals surface area contributed by atoms with Gasteiger partial charge in [-0.15, -0.1) is 0 Å². The summed E-state index contributed by atoms with van der Waals surface area (Å²) < 4.78 is 30.8. The van der Waals surface area contributed by atoms with Gasteiger partial charge in [-0.05, 0) is 49.8 Å². The molecule has 8 atom stereocenters. The molecule has 14 heteroatoms. The summed E-state index contributed by atoms with van der Waals surface area (Å²) >= 11 is 0. The first-order chi connectivity index (χ1) is 27.3. The van der Waals surface area contributed by atoms with Crippen LogP contribution in [-0.2, 0) is 62.6 Å². The van der Waals surface area contributed by atoms with Gasteiger partial charge in [-0.25, -0.2) is 4.79 Å². The fourth-order valence-corrected chi connectivity index (χ4v) is 6.81. The third kappa shape index (κ3) is 13.2. The molecule has 0 saturated carbocycles. The Labute approximate surface area is 334 Å². The van der Waals surface area contributed by atoms with Gasteiger partial charge in [0.25, 0.3) is 0 Å². The second kappa shape index (κ2) is 20.6. The van der Waals surface area contributed by atoms with Crippen molar-refractivity contribution in [3.63, 3.8) is 0 Å². The van der Waals surface area contributed by atoms with E-state index in [1.54, 1.807) is 0 Å². The molecular formula is C43H56N4O10. The highest BCUT2D eigenvalue weighted by Crippen LogP contribution is 2.40. The quantitative estimate of drug-likeness (QED) is 0.106. The topological polar surface area (TPSA) is 183 Å². The van der Waals surface area contributed by atoms with Gasteiger partial charge in [0.15, 0.2) is 18.1 Å². The molecule has 2 saturated heterocycles. The number of carboxylic acid groups (broad SMARTS) is 1. The van der Waals surface area contributed by atoms with Gasteiger partial charge in [-0.2, -0.15) is 0 Å². The minimum absolute atomic E-state index is 0.0264. The molecule has 3 aromatic rings. The molecular weight excluding hydrogens is 732 g/mol. The highest BCUT2D eigenvalue weighted by atomic mass is 16.8. The van der Waals surface area contributed by atoms with Crippen LogP contribution in [0.3, 0.4) is 0 Å². The molecule has 5 N–H and O–H groups in total. The van der Waals surface area contributed by atoms with Gasteiger partial charge >= 0.3 is 5.97 Å². The molecule has 5 rings (SSSR count). The van der Waals surface area contributed by atoms with Crippen molar-refractivity contribution < 1.29 is 48.0 Å². The number of carbonyl (C=O) groups is 4. The third-order valence-electron chi connectivity index (χ3n) is 9.65. The number of carbonyl (C=O) groups excluding carboxylic acids is 3. The summed E-state index contributed by atoms with van der Waals surface area (Å²) in [6, 6.07) is 24.6. The number of amides is 3. The number of hydrogen-bond acceptors (Lipinski definition) is 10. The number of nitrogens with one attached hydrogen (secondary N) is 4. The van der Waals surface area contributed by atoms with Crippen LogP contribution < -0.4 is 21.3 Å². The second-order valence-corrected chi connectivity index (χ2v) is 15.4. The van der Waals surface area contributed by atoms with Gasteiger partial charge in [-0.3, -0.25) is 14.4 Å². The maximum Gasteiger partial charge on any atom is 0.328 e. The van der Waals surface area contributed by atoms with Gasteiger partial charge in [0, 0.05) is 19.0 Å². The maximum atomic E-state index is 13.7. The predicted molar refractivity (Wildman–Crippen MR) is 210 cm³/mol. The van der Waals surface area contributed by atoms with Gasteiger partial charge in [0.2, 0.25) is 17.7 Å². The third-order valence-corrected chi connectivity index (χ3v) is 9.65. The zero-order valence-electron chi connectivity index (χ0n) is 33.2. The minimum atomic E-state index is -1.34. The van der Waals surface area contributed by atoms with E-state index < -0.39 is 78.2 Å². The number of benzene rings is 3. The Kier molecular flexibility index (Phi) is 15.7. The lowest BCUT2D eigenvalue weighted by Crippen LogP contribution is -2.56. The summed E-state index contributed by atoms with van der Waals surface area (Å²) in [6.07, 6.45) is -2.41. The van der Waals surface area contributed by atoms with Crippen LogP contribution >= 0.6 is 0 Å². The van der Waals surface area contributed by atoms with Crippen LogP contribution in [0.5, 0.6) is 0 Å². The molecule has 308 valence electrons. The van der Waals surface area contributed by atoms with Crippen molar-refractivity contribution in [2.75, 3.05) is 6.61 Å². The number of hydrogen-bond donors (Lipinski definition) is 5. The fourth-order valence-electron chi connectivity index (χ4n) is 6.81. The first-order valence-electron chi connectivity index (χ1n) is 19.5. The Morgan fingerprint density at radius 2 is 1.33 bits per heavy atom. The lowest BCUT2D eigenvalue weighted by molar-refractivity contribution is -0.222. The molecule has 3 aromatic carbocycles. The number of fused-ring (bicyclic) bond motifs is 1. The van der Waals surface area contributed by atoms with Crippen LogP contribution in [-0.4, -0.2) is 90.0 Å². The highest BCUT2D eigenvalue weighted by molar-refractivity contribution is 5.93. The van der Waals surface area contributed by atoms with Gasteiger partial charge in [0.05, 0.1) is 19.8 Å². The monoisotopic (exact) mass is 788 g/mol. The number of carboxylic acids is 1. The van der Waals surface area contributed by atoms with E-state index >= 15 is 0 Å². The zero-order chi connectivity index (χ0) is 41.0. The molecule has 0 aromatic heterocycles. The lowest BCUT2D eigenvalue weighted by atomic mass is 9.99. The molecule has 57 heavy (non-hydrogen) atoms. The second-order valence-electron chi connectivity index (χ2n) is 15.4. The van der Waals surface area contributed by atoms with Gasteiger partial charge in [-0.1, -0.05) is 105 Å². The zero-order valence-corrected chi connectivity index (χ0v) is 33.2. The van der Waals surface area contributed by atoms with Crippen LogP contribution in [0.2, 0.25) is 0 Å². The number of aliphatic carboxylic acids is 1. The highest BCUT2D eigenvalue weighted by Gasteiger charge is 2.57. The summed E-state index contributed by atoms with van der Waals surface area (Å²) in [5.41, 5.74) is 2.81. The molecule has 2 fully saturated rings. The average Bonchev–Trinajstić information content (AvgIpc) is 3.66. The first kappa shape index (κ1) is 43.4. The van der Waals surface area contributed by atoms with E-state index in [2.05, 4.69) is 21.3 Å². The molecule has 2 heterocycles. The van der Waals surface area contributed by atoms with Crippen molar-refractivity contribution >= 4 is 23.7 Å². The Morgan fingerprint density at radius 1 is 0.754 bits per heavy atom. The maximum absolute atomic E-state index is 13.7. The number of rotatable bonds is 21. The molecule has 14 nitrogen and oxygen atoms in total. The Morgan fingerprint density at radius 3 is 1.93 bits per heavy atom. The van der Waals surface area contributed by atoms with E-state index in [-0.39, 0.29) is 38.6 Å².